The lowest BCUT2D eigenvalue weighted by molar-refractivity contribution is 0.590. The lowest BCUT2D eigenvalue weighted by atomic mass is 10.1. The Kier molecular flexibility index (Phi) is 4.15. The molecular weight excluding hydrogens is 308 g/mol. The minimum Gasteiger partial charge on any atom is -0.369 e. The van der Waals surface area contributed by atoms with E-state index in [0.29, 0.717) is 29.2 Å². The molecule has 0 atom stereocenters. The highest BCUT2D eigenvalue weighted by molar-refractivity contribution is 6.30. The van der Waals surface area contributed by atoms with Crippen molar-refractivity contribution in [3.05, 3.63) is 64.9 Å². The number of aromatic nitrogens is 2. The molecule has 0 saturated heterocycles. The van der Waals surface area contributed by atoms with E-state index in [0.717, 1.165) is 11.6 Å². The molecule has 0 aliphatic heterocycles. The van der Waals surface area contributed by atoms with E-state index in [1.54, 1.807) is 0 Å². The zero-order valence-corrected chi connectivity index (χ0v) is 12.2. The summed E-state index contributed by atoms with van der Waals surface area (Å²) in [4.78, 5) is 7.91. The van der Waals surface area contributed by atoms with Gasteiger partial charge in [-0.3, -0.25) is 0 Å². The molecule has 0 bridgehead atoms. The standard InChI is InChI=1S/C16H12ClF2N3/c17-11-3-1-2-10(6-11)4-5-20-16-13-7-12(18)8-14(19)15(13)21-9-22-16/h1-3,6-9H,4-5H2,(H,20,21,22). The maximum absolute atomic E-state index is 13.7. The summed E-state index contributed by atoms with van der Waals surface area (Å²) < 4.78 is 27.1. The van der Waals surface area contributed by atoms with E-state index >= 15 is 0 Å². The third-order valence-electron chi connectivity index (χ3n) is 3.25. The van der Waals surface area contributed by atoms with Gasteiger partial charge in [0.05, 0.1) is 0 Å². The van der Waals surface area contributed by atoms with E-state index in [1.165, 1.54) is 12.4 Å². The molecule has 3 nitrogen and oxygen atoms in total. The molecule has 112 valence electrons. The SMILES string of the molecule is Fc1cc(F)c2ncnc(NCCc3cccc(Cl)c3)c2c1. The molecule has 1 heterocycles. The van der Waals surface area contributed by atoms with Gasteiger partial charge in [0.1, 0.15) is 23.5 Å². The monoisotopic (exact) mass is 319 g/mol. The fourth-order valence-corrected chi connectivity index (χ4v) is 2.46. The van der Waals surface area contributed by atoms with Crippen molar-refractivity contribution in [2.45, 2.75) is 6.42 Å². The summed E-state index contributed by atoms with van der Waals surface area (Å²) in [5, 5.41) is 4.08. The van der Waals surface area contributed by atoms with Crippen LogP contribution in [0.1, 0.15) is 5.56 Å². The fraction of sp³-hybridized carbons (Fsp3) is 0.125. The van der Waals surface area contributed by atoms with Crippen LogP contribution in [0.4, 0.5) is 14.6 Å². The van der Waals surface area contributed by atoms with E-state index < -0.39 is 11.6 Å². The number of anilines is 1. The molecule has 0 aliphatic carbocycles. The molecule has 3 rings (SSSR count). The van der Waals surface area contributed by atoms with Crippen LogP contribution in [0.15, 0.2) is 42.7 Å². The molecule has 0 aliphatic rings. The second kappa shape index (κ2) is 6.23. The summed E-state index contributed by atoms with van der Waals surface area (Å²) in [7, 11) is 0. The summed E-state index contributed by atoms with van der Waals surface area (Å²) in [6, 6.07) is 9.56. The van der Waals surface area contributed by atoms with E-state index in [4.69, 9.17) is 11.6 Å². The molecule has 2 aromatic carbocycles. The summed E-state index contributed by atoms with van der Waals surface area (Å²) in [6.45, 7) is 0.560. The van der Waals surface area contributed by atoms with Crippen LogP contribution in [0.25, 0.3) is 10.9 Å². The number of rotatable bonds is 4. The summed E-state index contributed by atoms with van der Waals surface area (Å²) in [5.74, 6) is -0.946. The normalized spacial score (nSPS) is 10.9. The van der Waals surface area contributed by atoms with Crippen molar-refractivity contribution in [3.8, 4) is 0 Å². The smallest absolute Gasteiger partial charge is 0.152 e. The van der Waals surface area contributed by atoms with Crippen LogP contribution in [0.2, 0.25) is 5.02 Å². The first kappa shape index (κ1) is 14.7. The number of hydrogen-bond acceptors (Lipinski definition) is 3. The zero-order valence-electron chi connectivity index (χ0n) is 11.5. The maximum atomic E-state index is 13.7. The van der Waals surface area contributed by atoms with Crippen molar-refractivity contribution in [1.29, 1.82) is 0 Å². The number of halogens is 3. The zero-order chi connectivity index (χ0) is 15.5. The van der Waals surface area contributed by atoms with Gasteiger partial charge in [-0.15, -0.1) is 0 Å². The van der Waals surface area contributed by atoms with Crippen LogP contribution in [-0.4, -0.2) is 16.5 Å². The van der Waals surface area contributed by atoms with E-state index in [9.17, 15) is 8.78 Å². The van der Waals surface area contributed by atoms with Crippen LogP contribution in [-0.2, 0) is 6.42 Å². The Morgan fingerprint density at radius 2 is 1.95 bits per heavy atom. The van der Waals surface area contributed by atoms with Gasteiger partial charge in [0.15, 0.2) is 5.82 Å². The molecule has 6 heteroatoms. The van der Waals surface area contributed by atoms with Gasteiger partial charge >= 0.3 is 0 Å². The van der Waals surface area contributed by atoms with Crippen molar-refractivity contribution < 1.29 is 8.78 Å². The number of hydrogen-bond donors (Lipinski definition) is 1. The third-order valence-corrected chi connectivity index (χ3v) is 3.49. The summed E-state index contributed by atoms with van der Waals surface area (Å²) in [5.41, 5.74) is 1.16. The molecule has 0 fully saturated rings. The average Bonchev–Trinajstić information content (AvgIpc) is 2.48. The maximum Gasteiger partial charge on any atom is 0.152 e. The van der Waals surface area contributed by atoms with Gasteiger partial charge < -0.3 is 5.32 Å². The first-order valence-corrected chi connectivity index (χ1v) is 7.09. The lowest BCUT2D eigenvalue weighted by Gasteiger charge is -2.09. The van der Waals surface area contributed by atoms with Crippen molar-refractivity contribution in [2.75, 3.05) is 11.9 Å². The molecule has 22 heavy (non-hydrogen) atoms. The Morgan fingerprint density at radius 1 is 1.09 bits per heavy atom. The van der Waals surface area contributed by atoms with Gasteiger partial charge in [0.2, 0.25) is 0 Å². The van der Waals surface area contributed by atoms with Gasteiger partial charge in [-0.1, -0.05) is 23.7 Å². The van der Waals surface area contributed by atoms with E-state index in [-0.39, 0.29) is 5.52 Å². The van der Waals surface area contributed by atoms with Crippen LogP contribution in [0.5, 0.6) is 0 Å². The predicted octanol–water partition coefficient (Wildman–Crippen LogP) is 4.22. The molecule has 0 radical (unpaired) electrons. The van der Waals surface area contributed by atoms with Crippen LogP contribution >= 0.6 is 11.6 Å². The Balaban J connectivity index is 1.79. The van der Waals surface area contributed by atoms with E-state index in [2.05, 4.69) is 15.3 Å². The average molecular weight is 320 g/mol. The Morgan fingerprint density at radius 3 is 2.77 bits per heavy atom. The van der Waals surface area contributed by atoms with Crippen molar-refractivity contribution >= 4 is 28.3 Å². The molecule has 3 aromatic rings. The van der Waals surface area contributed by atoms with E-state index in [1.807, 2.05) is 24.3 Å². The molecular formula is C16H12ClF2N3. The second-order valence-corrected chi connectivity index (χ2v) is 5.25. The Bertz CT molecular complexity index is 824. The Hall–Kier alpha value is -2.27. The summed E-state index contributed by atoms with van der Waals surface area (Å²) in [6.07, 6.45) is 1.97. The largest absolute Gasteiger partial charge is 0.369 e. The summed E-state index contributed by atoms with van der Waals surface area (Å²) >= 11 is 5.93. The van der Waals surface area contributed by atoms with Crippen molar-refractivity contribution in [2.24, 2.45) is 0 Å². The number of fused-ring (bicyclic) bond motifs is 1. The Labute approximate surface area is 131 Å². The van der Waals surface area contributed by atoms with Gasteiger partial charge in [0, 0.05) is 23.0 Å². The van der Waals surface area contributed by atoms with Crippen molar-refractivity contribution in [3.63, 3.8) is 0 Å². The first-order chi connectivity index (χ1) is 10.6. The fourth-order valence-electron chi connectivity index (χ4n) is 2.25. The highest BCUT2D eigenvalue weighted by Gasteiger charge is 2.10. The highest BCUT2D eigenvalue weighted by Crippen LogP contribution is 2.23. The van der Waals surface area contributed by atoms with Gasteiger partial charge in [0.25, 0.3) is 0 Å². The molecule has 0 spiro atoms. The van der Waals surface area contributed by atoms with Crippen LogP contribution in [0, 0.1) is 11.6 Å². The highest BCUT2D eigenvalue weighted by atomic mass is 35.5. The number of nitrogens with zero attached hydrogens (tertiary/aromatic N) is 2. The predicted molar refractivity (Wildman–Crippen MR) is 83.1 cm³/mol. The van der Waals surface area contributed by atoms with Crippen LogP contribution in [0.3, 0.4) is 0 Å². The molecule has 1 N–H and O–H groups in total. The van der Waals surface area contributed by atoms with Gasteiger partial charge in [-0.2, -0.15) is 0 Å². The van der Waals surface area contributed by atoms with Crippen LogP contribution < -0.4 is 5.32 Å². The molecule has 0 amide bonds. The first-order valence-electron chi connectivity index (χ1n) is 6.71. The topological polar surface area (TPSA) is 37.8 Å². The number of nitrogens with one attached hydrogen (secondary N) is 1. The minimum absolute atomic E-state index is 0.0988. The minimum atomic E-state index is -0.699. The van der Waals surface area contributed by atoms with Crippen molar-refractivity contribution in [1.82, 2.24) is 9.97 Å². The quantitative estimate of drug-likeness (QED) is 0.782. The van der Waals surface area contributed by atoms with Gasteiger partial charge in [-0.25, -0.2) is 18.7 Å². The second-order valence-electron chi connectivity index (χ2n) is 4.81. The van der Waals surface area contributed by atoms with Gasteiger partial charge in [-0.05, 0) is 30.2 Å². The third kappa shape index (κ3) is 3.14. The molecule has 1 aromatic heterocycles. The molecule has 0 saturated carbocycles. The molecule has 0 unspecified atom stereocenters. The lowest BCUT2D eigenvalue weighted by Crippen LogP contribution is -2.07. The number of benzene rings is 2.